The Morgan fingerprint density at radius 3 is 1.77 bits per heavy atom. The highest BCUT2D eigenvalue weighted by Gasteiger charge is 2.55. The van der Waals surface area contributed by atoms with Crippen LogP contribution in [0.2, 0.25) is 0 Å². The topological polar surface area (TPSA) is 174 Å². The van der Waals surface area contributed by atoms with Crippen molar-refractivity contribution >= 4 is 85.7 Å². The van der Waals surface area contributed by atoms with Gasteiger partial charge in [0.1, 0.15) is 11.1 Å². The molecule has 3 aliphatic heterocycles. The van der Waals surface area contributed by atoms with Crippen LogP contribution < -0.4 is 16.0 Å². The minimum atomic E-state index is -5.07. The number of anilines is 2. The maximum atomic E-state index is 14.9. The normalized spacial score (nSPS) is 25.7. The van der Waals surface area contributed by atoms with Crippen LogP contribution in [0, 0.1) is 18.3 Å². The molecule has 2 amide bonds. The Bertz CT molecular complexity index is 2550. The van der Waals surface area contributed by atoms with E-state index in [9.17, 15) is 50.8 Å². The number of carbonyl (C=O) groups excluding carboxylic acids is 4. The van der Waals surface area contributed by atoms with Crippen LogP contribution >= 0.6 is 40.4 Å². The molecule has 0 bridgehead atoms. The predicted molar refractivity (Wildman–Crippen MR) is 280 cm³/mol. The van der Waals surface area contributed by atoms with Gasteiger partial charge in [-0.25, -0.2) is 4.79 Å². The van der Waals surface area contributed by atoms with Crippen LogP contribution in [0.4, 0.5) is 37.7 Å². The van der Waals surface area contributed by atoms with Crippen LogP contribution in [0.5, 0.6) is 0 Å². The molecule has 3 N–H and O–H groups in total. The van der Waals surface area contributed by atoms with Gasteiger partial charge in [-0.2, -0.15) is 31.6 Å². The summed E-state index contributed by atoms with van der Waals surface area (Å²) >= 11 is 14.9. The largest absolute Gasteiger partial charge is 0.417 e. The van der Waals surface area contributed by atoms with Gasteiger partial charge in [0.15, 0.2) is 10.2 Å². The molecule has 5 fully saturated rings. The van der Waals surface area contributed by atoms with Crippen molar-refractivity contribution < 1.29 is 59.7 Å². The molecule has 412 valence electrons. The summed E-state index contributed by atoms with van der Waals surface area (Å²) in [6, 6.07) is 6.11. The van der Waals surface area contributed by atoms with E-state index >= 15 is 0 Å². The van der Waals surface area contributed by atoms with Gasteiger partial charge in [-0.3, -0.25) is 34.0 Å². The monoisotopic (exact) mass is 1160 g/mol. The molecule has 2 saturated carbocycles. The van der Waals surface area contributed by atoms with E-state index in [2.05, 4.69) is 20.8 Å². The SMILES string of the molecule is Cc1c(N2C(=O)C(C)(C)N(C3CCC(OCCBr)CC3)C2=S)ccc(C(=O)OC(=O)CN2[C@H](C)CN(CCOC3CCC(N4C(=S)N(c5ccc(C#N)c(C(F)(F)F)c5)C(=O)C4(C)C)CC3)C[C@@H]2C)c1C(F)(F)F.N. The number of benzene rings is 2. The Morgan fingerprint density at radius 1 is 0.773 bits per heavy atom. The zero-order valence-corrected chi connectivity index (χ0v) is 46.3. The van der Waals surface area contributed by atoms with Crippen LogP contribution in [0.3, 0.4) is 0 Å². The van der Waals surface area contributed by atoms with Gasteiger partial charge in [-0.05, 0) is 160 Å². The van der Waals surface area contributed by atoms with Gasteiger partial charge >= 0.3 is 24.3 Å². The standard InChI is InChI=1S/C51H62BrF6N7O7S2.H3N/c1-29-26-60(21-23-71-37-16-12-33(13-17-37)64-46(73)62(44(68)48(64,4)5)35-9-8-32(25-59)39(24-35)50(53,54)55)27-30(2)61(29)28-41(66)72-43(67)38-18-19-40(31(3)42(38)51(56,57)58)63-45(69)49(6,7)65(47(63)74)34-10-14-36(15-11-34)70-22-20-52;/h8-9,18-19,24,29-30,33-34,36-37H,10-17,20-23,26-28H2,1-7H3;1H3/t29-,30+,33?,34?,36?,37?;. The lowest BCUT2D eigenvalue weighted by molar-refractivity contribution is -0.143. The van der Waals surface area contributed by atoms with Crippen LogP contribution in [-0.4, -0.2) is 146 Å². The van der Waals surface area contributed by atoms with E-state index in [1.165, 1.54) is 19.1 Å². The fourth-order valence-corrected chi connectivity index (χ4v) is 12.9. The molecule has 2 atom stereocenters. The minimum Gasteiger partial charge on any atom is -0.388 e. The molecule has 0 spiro atoms. The predicted octanol–water partition coefficient (Wildman–Crippen LogP) is 9.32. The number of piperazine rings is 1. The number of nitrogens with zero attached hydrogens (tertiary/aromatic N) is 7. The number of carbonyl (C=O) groups is 4. The summed E-state index contributed by atoms with van der Waals surface area (Å²) in [6.45, 7) is 14.0. The molecule has 0 aromatic heterocycles. The summed E-state index contributed by atoms with van der Waals surface area (Å²) < 4.78 is 104. The molecule has 2 aromatic carbocycles. The van der Waals surface area contributed by atoms with Crippen molar-refractivity contribution in [3.63, 3.8) is 0 Å². The van der Waals surface area contributed by atoms with E-state index in [0.717, 1.165) is 40.8 Å². The van der Waals surface area contributed by atoms with E-state index < -0.39 is 75.0 Å². The second kappa shape index (κ2) is 23.3. The highest BCUT2D eigenvalue weighted by atomic mass is 79.9. The van der Waals surface area contributed by atoms with Gasteiger partial charge in [-0.15, -0.1) is 0 Å². The van der Waals surface area contributed by atoms with Crippen molar-refractivity contribution in [2.45, 2.75) is 160 Å². The molecule has 15 nitrogen and oxygen atoms in total. The molecule has 3 saturated heterocycles. The van der Waals surface area contributed by atoms with Crippen molar-refractivity contribution in [3.05, 3.63) is 58.1 Å². The average Bonchev–Trinajstić information content (AvgIpc) is 3.62. The number of ether oxygens (including phenoxy) is 3. The average molecular weight is 1160 g/mol. The first-order chi connectivity index (χ1) is 34.6. The number of hydrogen-bond acceptors (Lipinski definition) is 13. The van der Waals surface area contributed by atoms with Crippen LogP contribution in [-0.2, 0) is 40.9 Å². The quantitative estimate of drug-likeness (QED) is 0.0623. The van der Waals surface area contributed by atoms with Crippen LogP contribution in [0.15, 0.2) is 30.3 Å². The molecular weight excluding hydrogens is 1090 g/mol. The van der Waals surface area contributed by atoms with Gasteiger partial charge in [0.2, 0.25) is 0 Å². The summed E-state index contributed by atoms with van der Waals surface area (Å²) in [7, 11) is 0. The highest BCUT2D eigenvalue weighted by Crippen LogP contribution is 2.45. The molecule has 3 heterocycles. The van der Waals surface area contributed by atoms with Crippen molar-refractivity contribution in [2.24, 2.45) is 0 Å². The second-order valence-electron chi connectivity index (χ2n) is 20.9. The molecule has 24 heteroatoms. The van der Waals surface area contributed by atoms with Gasteiger partial charge in [0.25, 0.3) is 11.8 Å². The number of thiocarbonyl (C=S) groups is 2. The van der Waals surface area contributed by atoms with Crippen molar-refractivity contribution in [1.29, 1.82) is 5.26 Å². The van der Waals surface area contributed by atoms with Gasteiger partial charge in [-0.1, -0.05) is 15.9 Å². The van der Waals surface area contributed by atoms with Gasteiger partial charge < -0.3 is 30.2 Å². The Balaban J connectivity index is 0.00000914. The first kappa shape index (κ1) is 59.9. The number of amides is 2. The zero-order chi connectivity index (χ0) is 54.4. The maximum Gasteiger partial charge on any atom is 0.417 e. The third-order valence-corrected chi connectivity index (χ3v) is 16.3. The van der Waals surface area contributed by atoms with E-state index in [4.69, 9.17) is 38.6 Å². The minimum absolute atomic E-state index is 0. The summed E-state index contributed by atoms with van der Waals surface area (Å²) in [4.78, 5) is 64.4. The summed E-state index contributed by atoms with van der Waals surface area (Å²) in [5.74, 6) is -3.45. The lowest BCUT2D eigenvalue weighted by Gasteiger charge is -2.44. The number of esters is 2. The van der Waals surface area contributed by atoms with E-state index in [0.29, 0.717) is 76.7 Å². The van der Waals surface area contributed by atoms with Crippen molar-refractivity contribution in [3.8, 4) is 6.07 Å². The van der Waals surface area contributed by atoms with Crippen LogP contribution in [0.1, 0.15) is 126 Å². The molecule has 7 rings (SSSR count). The van der Waals surface area contributed by atoms with Crippen molar-refractivity contribution in [1.82, 2.24) is 25.8 Å². The number of rotatable bonds is 14. The number of alkyl halides is 7. The Labute approximate surface area is 452 Å². The molecule has 75 heavy (non-hydrogen) atoms. The number of nitriles is 1. The third kappa shape index (κ3) is 12.2. The smallest absolute Gasteiger partial charge is 0.388 e. The highest BCUT2D eigenvalue weighted by molar-refractivity contribution is 9.09. The lowest BCUT2D eigenvalue weighted by Crippen LogP contribution is -2.58. The Morgan fingerprint density at radius 2 is 1.28 bits per heavy atom. The summed E-state index contributed by atoms with van der Waals surface area (Å²) in [5.41, 5.74) is -6.77. The molecular formula is C51H65BrF6N8O7S2. The van der Waals surface area contributed by atoms with E-state index in [1.54, 1.807) is 38.7 Å². The summed E-state index contributed by atoms with van der Waals surface area (Å²) in [6.07, 6.45) is -4.54. The van der Waals surface area contributed by atoms with E-state index in [-0.39, 0.29) is 70.7 Å². The molecule has 0 radical (unpaired) electrons. The van der Waals surface area contributed by atoms with Gasteiger partial charge in [0.05, 0.1) is 71.7 Å². The third-order valence-electron chi connectivity index (χ3n) is 15.2. The van der Waals surface area contributed by atoms with Gasteiger partial charge in [0, 0.05) is 49.1 Å². The maximum absolute atomic E-state index is 14.9. The zero-order valence-electron chi connectivity index (χ0n) is 43.1. The Kier molecular flexibility index (Phi) is 18.6. The first-order valence-electron chi connectivity index (χ1n) is 24.8. The fraction of sp³-hybridized carbons (Fsp3) is 0.627. The molecule has 0 unspecified atom stereocenters. The lowest BCUT2D eigenvalue weighted by atomic mass is 9.89. The molecule has 2 aliphatic carbocycles. The molecule has 5 aliphatic rings. The first-order valence-corrected chi connectivity index (χ1v) is 26.8. The van der Waals surface area contributed by atoms with Crippen molar-refractivity contribution in [2.75, 3.05) is 54.5 Å². The van der Waals surface area contributed by atoms with E-state index in [1.807, 2.05) is 23.6 Å². The Hall–Kier alpha value is -4.35. The summed E-state index contributed by atoms with van der Waals surface area (Å²) in [5, 5.41) is 10.1. The molecule has 2 aromatic rings. The fourth-order valence-electron chi connectivity index (χ4n) is 11.6. The second-order valence-corrected chi connectivity index (χ2v) is 22.4. The number of halogens is 7. The van der Waals surface area contributed by atoms with Crippen LogP contribution in [0.25, 0.3) is 0 Å². The number of hydrogen-bond donors (Lipinski definition) is 1.